The molecular formula is H15Cl3N6ORu. The van der Waals surface area contributed by atoms with E-state index in [1.807, 2.05) is 0 Å². The number of nitroso groups, excluding NO2 is 1. The van der Waals surface area contributed by atoms with Crippen LogP contribution in [0.4, 0.5) is 0 Å². The quantitative estimate of drug-likeness (QED) is 0.216. The van der Waals surface area contributed by atoms with E-state index in [4.69, 9.17) is 4.91 Å². The number of hydrogen-bond donors (Lipinski definition) is 5. The van der Waals surface area contributed by atoms with E-state index in [0.717, 1.165) is 0 Å². The standard InChI is InChI=1S/3ClH.NO.5H3N.Ru/c;;;1-2;;;;;;/h3*1H;;5*1H3;/q;;;-1;;;;;;+4/p-3. The van der Waals surface area contributed by atoms with Gasteiger partial charge in [-0.05, 0) is 0 Å². The van der Waals surface area contributed by atoms with Crippen molar-refractivity contribution in [3.05, 3.63) is 4.91 Å². The van der Waals surface area contributed by atoms with Crippen LogP contribution in [0.1, 0.15) is 0 Å². The summed E-state index contributed by atoms with van der Waals surface area (Å²) in [4.78, 5) is 8.52. The molecule has 0 aromatic heterocycles. The van der Waals surface area contributed by atoms with Crippen LogP contribution in [0.15, 0.2) is 3.92 Å². The summed E-state index contributed by atoms with van der Waals surface area (Å²) in [6, 6.07) is 0. The fraction of sp³-hybridized carbons (Fsp3) is 0. The van der Waals surface area contributed by atoms with E-state index in [0.29, 0.717) is 0 Å². The molecule has 0 rings (SSSR count). The van der Waals surface area contributed by atoms with Crippen LogP contribution >= 0.6 is 0 Å². The molecule has 0 aromatic carbocycles. The summed E-state index contributed by atoms with van der Waals surface area (Å²) in [6.45, 7) is 0. The van der Waals surface area contributed by atoms with E-state index >= 15 is 0 Å². The molecule has 0 saturated heterocycles. The topological polar surface area (TPSA) is 204 Å². The monoisotopic (exact) mass is 322 g/mol. The van der Waals surface area contributed by atoms with E-state index in [2.05, 4.69) is 3.92 Å². The fourth-order valence-electron chi connectivity index (χ4n) is 0. The van der Waals surface area contributed by atoms with Gasteiger partial charge in [-0.3, -0.25) is 0 Å². The molecule has 0 aliphatic carbocycles. The van der Waals surface area contributed by atoms with Crippen molar-refractivity contribution >= 4 is 0 Å². The molecule has 0 amide bonds. The third-order valence-corrected chi connectivity index (χ3v) is 0. The average Bonchev–Trinajstić information content (AvgIpc) is 0.918. The Bertz CT molecular complexity index is 25.3. The first kappa shape index (κ1) is 169. The molecule has 0 radical (unpaired) electrons. The normalized spacial score (nSPS) is 1.09. The summed E-state index contributed by atoms with van der Waals surface area (Å²) in [6.07, 6.45) is 0. The van der Waals surface area contributed by atoms with Gasteiger partial charge in [-0.1, -0.05) is 0 Å². The second-order valence-electron chi connectivity index (χ2n) is 0.0645. The van der Waals surface area contributed by atoms with Gasteiger partial charge in [0.05, 0.1) is 0 Å². The summed E-state index contributed by atoms with van der Waals surface area (Å²) in [5.74, 6) is 0. The Morgan fingerprint density at radius 1 is 0.727 bits per heavy atom. The van der Waals surface area contributed by atoms with E-state index in [-0.39, 0.29) is 68.0 Å². The van der Waals surface area contributed by atoms with E-state index in [9.17, 15) is 0 Å². The van der Waals surface area contributed by atoms with Gasteiger partial charge in [-0.2, -0.15) is 0 Å². The van der Waals surface area contributed by atoms with Crippen molar-refractivity contribution in [3.63, 3.8) is 0 Å². The Balaban J connectivity index is -0.000000000714. The van der Waals surface area contributed by atoms with Crippen LogP contribution in [0.25, 0.3) is 0 Å². The van der Waals surface area contributed by atoms with Crippen LogP contribution in [0.2, 0.25) is 0 Å². The zero-order valence-corrected chi connectivity index (χ0v) is 9.88. The zero-order valence-electron chi connectivity index (χ0n) is 5.88. The van der Waals surface area contributed by atoms with Crippen LogP contribution in [0.3, 0.4) is 0 Å². The van der Waals surface area contributed by atoms with Crippen LogP contribution in [0.5, 0.6) is 0 Å². The molecule has 0 bridgehead atoms. The minimum absolute atomic E-state index is 0. The molecule has 7 nitrogen and oxygen atoms in total. The smallest absolute Gasteiger partial charge is 1.00 e. The average molecular weight is 323 g/mol. The summed E-state index contributed by atoms with van der Waals surface area (Å²) >= 11 is 1.58. The summed E-state index contributed by atoms with van der Waals surface area (Å²) in [5, 5.41) is 0. The first-order valence-electron chi connectivity index (χ1n) is 0.341. The van der Waals surface area contributed by atoms with E-state index < -0.39 is 0 Å². The Hall–Kier alpha value is 0.893. The Morgan fingerprint density at radius 3 is 0.727 bits per heavy atom. The largest absolute Gasteiger partial charge is 1.00 e. The zero-order chi connectivity index (χ0) is 2.71. The van der Waals surface area contributed by atoms with Crippen molar-refractivity contribution in [3.8, 4) is 0 Å². The molecule has 0 heterocycles. The third kappa shape index (κ3) is 1080. The molecule has 0 spiro atoms. The molecule has 0 saturated carbocycles. The van der Waals surface area contributed by atoms with Gasteiger partial charge >= 0.3 is 27.4 Å². The summed E-state index contributed by atoms with van der Waals surface area (Å²) in [5.41, 5.74) is 0. The van der Waals surface area contributed by atoms with Crippen molar-refractivity contribution in [2.45, 2.75) is 0 Å². The Labute approximate surface area is 95.3 Å². The van der Waals surface area contributed by atoms with Crippen molar-refractivity contribution in [2.75, 3.05) is 0 Å². The Morgan fingerprint density at radius 2 is 0.727 bits per heavy atom. The van der Waals surface area contributed by atoms with Gasteiger partial charge in [0.2, 0.25) is 0 Å². The second kappa shape index (κ2) is 297. The molecule has 0 aromatic rings. The summed E-state index contributed by atoms with van der Waals surface area (Å²) in [7, 11) is 0. The van der Waals surface area contributed by atoms with Crippen LogP contribution in [-0.4, -0.2) is 0 Å². The molecule has 15 N–H and O–H groups in total. The van der Waals surface area contributed by atoms with E-state index in [1.165, 1.54) is 0 Å². The second-order valence-corrected chi connectivity index (χ2v) is 0.382. The van der Waals surface area contributed by atoms with Crippen LogP contribution < -0.4 is 68.0 Å². The van der Waals surface area contributed by atoms with Crippen molar-refractivity contribution in [1.29, 1.82) is 0 Å². The third-order valence-electron chi connectivity index (χ3n) is 0. The molecule has 0 atom stereocenters. The predicted octanol–water partition coefficient (Wildman–Crippen LogP) is -7.96. The van der Waals surface area contributed by atoms with Gasteiger partial charge in [0, 0.05) is 0 Å². The maximum Gasteiger partial charge on any atom is -1.00 e. The van der Waals surface area contributed by atoms with Gasteiger partial charge in [0.15, 0.2) is 0 Å². The van der Waals surface area contributed by atoms with Gasteiger partial charge < -0.3 is 68.0 Å². The van der Waals surface area contributed by atoms with E-state index in [1.54, 1.807) is 18.5 Å². The molecule has 11 heteroatoms. The van der Waals surface area contributed by atoms with Gasteiger partial charge in [-0.15, -0.1) is 0 Å². The van der Waals surface area contributed by atoms with Crippen molar-refractivity contribution in [1.82, 2.24) is 30.8 Å². The minimum Gasteiger partial charge on any atom is -1.00 e. The first-order chi connectivity index (χ1) is 1.41. The number of nitrogens with zero attached hydrogens (tertiary/aromatic N) is 1. The number of hydrogen-bond acceptors (Lipinski definition) is 7. The van der Waals surface area contributed by atoms with Crippen molar-refractivity contribution in [2.24, 2.45) is 3.92 Å². The molecular weight excluding hydrogens is 307 g/mol. The van der Waals surface area contributed by atoms with Gasteiger partial charge in [0.25, 0.3) is 0 Å². The SMILES string of the molecule is N.N.N.N.N.O=[N][Ru+3].[Cl-].[Cl-].[Cl-]. The molecule has 0 aliphatic heterocycles. The van der Waals surface area contributed by atoms with Crippen LogP contribution in [-0.2, 0) is 18.5 Å². The van der Waals surface area contributed by atoms with Crippen LogP contribution in [0, 0.1) is 4.91 Å². The summed E-state index contributed by atoms with van der Waals surface area (Å²) < 4.78 is 2.18. The predicted molar refractivity (Wildman–Crippen MR) is 30.9 cm³/mol. The van der Waals surface area contributed by atoms with Gasteiger partial charge in [-0.25, -0.2) is 0 Å². The van der Waals surface area contributed by atoms with Crippen molar-refractivity contribution < 1.29 is 55.8 Å². The maximum absolute atomic E-state index is 8.52. The fourth-order valence-corrected chi connectivity index (χ4v) is 0. The Kier molecular flexibility index (Phi) is 4560. The molecule has 0 unspecified atom stereocenters. The molecule has 0 fully saturated rings. The minimum atomic E-state index is 0. The molecule has 0 aliphatic rings. The number of rotatable bonds is 0. The molecule has 11 heavy (non-hydrogen) atoms. The maximum atomic E-state index is 8.52. The van der Waals surface area contributed by atoms with Gasteiger partial charge in [0.1, 0.15) is 0 Å². The molecule has 80 valence electrons. The number of halogens is 3. The first-order valence-corrected chi connectivity index (χ1v) is 1.12.